The van der Waals surface area contributed by atoms with Crippen LogP contribution in [0.15, 0.2) is 18.3 Å². The third-order valence-electron chi connectivity index (χ3n) is 4.26. The summed E-state index contributed by atoms with van der Waals surface area (Å²) in [7, 11) is 0. The van der Waals surface area contributed by atoms with E-state index in [1.165, 1.54) is 6.42 Å². The van der Waals surface area contributed by atoms with Gasteiger partial charge in [-0.15, -0.1) is 0 Å². The normalized spacial score (nSPS) is 30.9. The molecule has 1 saturated heterocycles. The first kappa shape index (κ1) is 11.5. The van der Waals surface area contributed by atoms with Crippen molar-refractivity contribution in [1.29, 1.82) is 5.26 Å². The van der Waals surface area contributed by atoms with Crippen LogP contribution in [0.4, 0.5) is 5.69 Å². The summed E-state index contributed by atoms with van der Waals surface area (Å²) in [5.41, 5.74) is 1.46. The Balaban J connectivity index is 1.88. The molecular formula is C14H17N3O. The van der Waals surface area contributed by atoms with E-state index in [1.807, 2.05) is 12.1 Å². The van der Waals surface area contributed by atoms with Crippen LogP contribution in [0.3, 0.4) is 0 Å². The molecule has 0 spiro atoms. The highest BCUT2D eigenvalue weighted by atomic mass is 16.3. The van der Waals surface area contributed by atoms with Crippen molar-refractivity contribution in [2.45, 2.75) is 37.8 Å². The van der Waals surface area contributed by atoms with Gasteiger partial charge >= 0.3 is 0 Å². The van der Waals surface area contributed by atoms with Gasteiger partial charge in [-0.1, -0.05) is 0 Å². The molecule has 0 radical (unpaired) electrons. The SMILES string of the molecule is N#Cc1cc(N2CCC3CCC(O)C2C3)ccn1. The molecule has 4 nitrogen and oxygen atoms in total. The van der Waals surface area contributed by atoms with Crippen LogP contribution in [0.5, 0.6) is 0 Å². The van der Waals surface area contributed by atoms with Gasteiger partial charge in [0.15, 0.2) is 0 Å². The van der Waals surface area contributed by atoms with E-state index in [-0.39, 0.29) is 12.1 Å². The fourth-order valence-corrected chi connectivity index (χ4v) is 3.28. The second kappa shape index (κ2) is 4.58. The summed E-state index contributed by atoms with van der Waals surface area (Å²) in [5, 5.41) is 19.1. The van der Waals surface area contributed by atoms with Crippen LogP contribution >= 0.6 is 0 Å². The molecule has 4 heteroatoms. The number of aromatic nitrogens is 1. The van der Waals surface area contributed by atoms with E-state index in [2.05, 4.69) is 16.0 Å². The predicted octanol–water partition coefficient (Wildman–Crippen LogP) is 1.69. The number of nitriles is 1. The molecule has 18 heavy (non-hydrogen) atoms. The van der Waals surface area contributed by atoms with Crippen molar-refractivity contribution in [3.63, 3.8) is 0 Å². The first-order valence-electron chi connectivity index (χ1n) is 6.59. The molecule has 2 heterocycles. The Labute approximate surface area is 107 Å². The highest BCUT2D eigenvalue weighted by Crippen LogP contribution is 2.37. The summed E-state index contributed by atoms with van der Waals surface area (Å²) < 4.78 is 0. The molecule has 1 aromatic heterocycles. The lowest BCUT2D eigenvalue weighted by molar-refractivity contribution is 0.0666. The minimum Gasteiger partial charge on any atom is -0.391 e. The Kier molecular flexibility index (Phi) is 2.92. The molecule has 1 aliphatic heterocycles. The van der Waals surface area contributed by atoms with Gasteiger partial charge in [-0.25, -0.2) is 4.98 Å². The van der Waals surface area contributed by atoms with Crippen molar-refractivity contribution in [1.82, 2.24) is 4.98 Å². The molecule has 2 fully saturated rings. The molecule has 94 valence electrons. The van der Waals surface area contributed by atoms with E-state index < -0.39 is 0 Å². The van der Waals surface area contributed by atoms with E-state index in [1.54, 1.807) is 6.20 Å². The summed E-state index contributed by atoms with van der Waals surface area (Å²) in [6, 6.07) is 6.04. The molecule has 3 unspecified atom stereocenters. The molecule has 3 atom stereocenters. The van der Waals surface area contributed by atoms with Gasteiger partial charge in [-0.2, -0.15) is 5.26 Å². The van der Waals surface area contributed by atoms with Gasteiger partial charge in [-0.05, 0) is 43.7 Å². The number of piperidine rings is 1. The molecule has 0 amide bonds. The largest absolute Gasteiger partial charge is 0.391 e. The highest BCUT2D eigenvalue weighted by Gasteiger charge is 2.37. The lowest BCUT2D eigenvalue weighted by Gasteiger charge is -2.46. The average Bonchev–Trinajstić information content (AvgIpc) is 2.43. The number of aliphatic hydroxyl groups is 1. The summed E-state index contributed by atoms with van der Waals surface area (Å²) in [6.07, 6.45) is 5.77. The van der Waals surface area contributed by atoms with Crippen LogP contribution in [0.2, 0.25) is 0 Å². The molecule has 1 aromatic rings. The van der Waals surface area contributed by atoms with Gasteiger partial charge < -0.3 is 10.0 Å². The summed E-state index contributed by atoms with van der Waals surface area (Å²) in [6.45, 7) is 0.973. The second-order valence-electron chi connectivity index (χ2n) is 5.31. The Hall–Kier alpha value is -1.60. The van der Waals surface area contributed by atoms with Crippen LogP contribution in [-0.2, 0) is 0 Å². The highest BCUT2D eigenvalue weighted by molar-refractivity contribution is 5.50. The van der Waals surface area contributed by atoms with Crippen LogP contribution in [0.1, 0.15) is 31.4 Å². The lowest BCUT2D eigenvalue weighted by Crippen LogP contribution is -2.52. The lowest BCUT2D eigenvalue weighted by atomic mass is 9.78. The number of anilines is 1. The number of aliphatic hydroxyl groups excluding tert-OH is 1. The smallest absolute Gasteiger partial charge is 0.142 e. The van der Waals surface area contributed by atoms with Crippen molar-refractivity contribution in [2.24, 2.45) is 5.92 Å². The number of hydrogen-bond acceptors (Lipinski definition) is 4. The molecule has 2 bridgehead atoms. The number of hydrogen-bond donors (Lipinski definition) is 1. The Bertz CT molecular complexity index is 482. The minimum absolute atomic E-state index is 0.214. The molecule has 1 N–H and O–H groups in total. The van der Waals surface area contributed by atoms with E-state index in [0.717, 1.165) is 37.4 Å². The Morgan fingerprint density at radius 2 is 2.28 bits per heavy atom. The summed E-state index contributed by atoms with van der Waals surface area (Å²) >= 11 is 0. The van der Waals surface area contributed by atoms with Crippen LogP contribution in [0, 0.1) is 17.2 Å². The maximum absolute atomic E-state index is 10.2. The van der Waals surface area contributed by atoms with E-state index >= 15 is 0 Å². The summed E-state index contributed by atoms with van der Waals surface area (Å²) in [4.78, 5) is 6.25. The van der Waals surface area contributed by atoms with Gasteiger partial charge in [0.1, 0.15) is 11.8 Å². The van der Waals surface area contributed by atoms with Gasteiger partial charge in [0.25, 0.3) is 0 Å². The molecule has 1 aliphatic carbocycles. The maximum atomic E-state index is 10.2. The topological polar surface area (TPSA) is 60.2 Å². The number of fused-ring (bicyclic) bond motifs is 2. The van der Waals surface area contributed by atoms with Crippen molar-refractivity contribution >= 4 is 5.69 Å². The first-order chi connectivity index (χ1) is 8.78. The van der Waals surface area contributed by atoms with Crippen molar-refractivity contribution < 1.29 is 5.11 Å². The maximum Gasteiger partial charge on any atom is 0.142 e. The standard InChI is InChI=1S/C14H17N3O/c15-9-11-8-12(3-5-16-11)17-6-4-10-1-2-14(18)13(17)7-10/h3,5,8,10,13-14,18H,1-2,4,6-7H2. The zero-order valence-corrected chi connectivity index (χ0v) is 10.3. The first-order valence-corrected chi connectivity index (χ1v) is 6.59. The molecule has 3 rings (SSSR count). The Morgan fingerprint density at radius 3 is 3.11 bits per heavy atom. The Morgan fingerprint density at radius 1 is 1.39 bits per heavy atom. The fraction of sp³-hybridized carbons (Fsp3) is 0.571. The number of pyridine rings is 1. The van der Waals surface area contributed by atoms with Gasteiger partial charge in [0.2, 0.25) is 0 Å². The van der Waals surface area contributed by atoms with Crippen LogP contribution < -0.4 is 4.90 Å². The fourth-order valence-electron chi connectivity index (χ4n) is 3.28. The van der Waals surface area contributed by atoms with Crippen LogP contribution in [-0.4, -0.2) is 28.8 Å². The monoisotopic (exact) mass is 243 g/mol. The third kappa shape index (κ3) is 1.95. The van der Waals surface area contributed by atoms with Crippen LogP contribution in [0.25, 0.3) is 0 Å². The quantitative estimate of drug-likeness (QED) is 0.815. The van der Waals surface area contributed by atoms with E-state index in [0.29, 0.717) is 5.69 Å². The minimum atomic E-state index is -0.236. The van der Waals surface area contributed by atoms with Crippen molar-refractivity contribution in [2.75, 3.05) is 11.4 Å². The average molecular weight is 243 g/mol. The molecule has 2 aliphatic rings. The zero-order valence-electron chi connectivity index (χ0n) is 10.3. The predicted molar refractivity (Wildman–Crippen MR) is 68.1 cm³/mol. The van der Waals surface area contributed by atoms with Crippen molar-refractivity contribution in [3.8, 4) is 6.07 Å². The molecule has 1 saturated carbocycles. The number of rotatable bonds is 1. The van der Waals surface area contributed by atoms with Crippen molar-refractivity contribution in [3.05, 3.63) is 24.0 Å². The van der Waals surface area contributed by atoms with Gasteiger partial charge in [-0.3, -0.25) is 0 Å². The van der Waals surface area contributed by atoms with E-state index in [4.69, 9.17) is 5.26 Å². The van der Waals surface area contributed by atoms with Gasteiger partial charge in [0.05, 0.1) is 12.1 Å². The summed E-state index contributed by atoms with van der Waals surface area (Å²) in [5.74, 6) is 0.770. The zero-order chi connectivity index (χ0) is 12.5. The molecular weight excluding hydrogens is 226 g/mol. The van der Waals surface area contributed by atoms with Gasteiger partial charge in [0, 0.05) is 18.4 Å². The van der Waals surface area contributed by atoms with E-state index in [9.17, 15) is 5.11 Å². The second-order valence-corrected chi connectivity index (χ2v) is 5.31. The third-order valence-corrected chi connectivity index (χ3v) is 4.26. The molecule has 0 aromatic carbocycles. The number of nitrogens with zero attached hydrogens (tertiary/aromatic N) is 3.